The minimum Gasteiger partial charge on any atom is -0.295 e. The molecule has 0 aliphatic heterocycles. The maximum Gasteiger partial charge on any atom is 0.159 e. The number of ketones is 1. The van der Waals surface area contributed by atoms with Crippen molar-refractivity contribution in [2.75, 3.05) is 0 Å². The van der Waals surface area contributed by atoms with Gasteiger partial charge in [-0.05, 0) is 53.9 Å². The average molecular weight is 286 g/mol. The van der Waals surface area contributed by atoms with Crippen LogP contribution in [0.5, 0.6) is 0 Å². The summed E-state index contributed by atoms with van der Waals surface area (Å²) >= 11 is 0. The Morgan fingerprint density at radius 1 is 1.18 bits per heavy atom. The van der Waals surface area contributed by atoms with Crippen molar-refractivity contribution >= 4 is 16.6 Å². The molecule has 106 valence electrons. The normalized spacial score (nSPS) is 10.4. The van der Waals surface area contributed by atoms with Crippen molar-refractivity contribution in [1.29, 1.82) is 5.26 Å². The second-order valence-corrected chi connectivity index (χ2v) is 5.30. The topological polar surface area (TPSA) is 53.8 Å². The maximum atomic E-state index is 11.8. The van der Waals surface area contributed by atoms with Crippen LogP contribution in [-0.4, -0.2) is 10.8 Å². The number of benzene rings is 2. The van der Waals surface area contributed by atoms with Crippen molar-refractivity contribution in [3.05, 3.63) is 65.5 Å². The summed E-state index contributed by atoms with van der Waals surface area (Å²) in [6.45, 7) is 3.43. The molecule has 3 rings (SSSR count). The Bertz CT molecular complexity index is 936. The first kappa shape index (κ1) is 14.0. The lowest BCUT2D eigenvalue weighted by Crippen LogP contribution is -1.95. The van der Waals surface area contributed by atoms with Crippen LogP contribution in [0.3, 0.4) is 0 Å². The maximum absolute atomic E-state index is 11.8. The zero-order valence-corrected chi connectivity index (χ0v) is 12.4. The fourth-order valence-electron chi connectivity index (χ4n) is 2.59. The lowest BCUT2D eigenvalue weighted by Gasteiger charge is -2.10. The van der Waals surface area contributed by atoms with Gasteiger partial charge in [-0.15, -0.1) is 0 Å². The second kappa shape index (κ2) is 5.42. The molecule has 2 aromatic carbocycles. The molecule has 0 radical (unpaired) electrons. The van der Waals surface area contributed by atoms with Crippen LogP contribution in [0, 0.1) is 18.3 Å². The second-order valence-electron chi connectivity index (χ2n) is 5.30. The minimum absolute atomic E-state index is 0.0327. The lowest BCUT2D eigenvalue weighted by molar-refractivity contribution is 0.101. The van der Waals surface area contributed by atoms with Gasteiger partial charge in [0.1, 0.15) is 11.8 Å². The first-order chi connectivity index (χ1) is 10.6. The summed E-state index contributed by atoms with van der Waals surface area (Å²) in [5.41, 5.74) is 3.81. The van der Waals surface area contributed by atoms with Crippen LogP contribution in [0.4, 0.5) is 0 Å². The van der Waals surface area contributed by atoms with Crippen molar-refractivity contribution in [3.8, 4) is 17.2 Å². The van der Waals surface area contributed by atoms with E-state index in [4.69, 9.17) is 5.26 Å². The largest absolute Gasteiger partial charge is 0.295 e. The predicted molar refractivity (Wildman–Crippen MR) is 86.6 cm³/mol. The fourth-order valence-corrected chi connectivity index (χ4v) is 2.59. The van der Waals surface area contributed by atoms with Gasteiger partial charge < -0.3 is 0 Å². The SMILES string of the molecule is CC(=O)c1cc(-c2cnc(C#N)c(C)c2)c2ccccc2c1. The zero-order chi connectivity index (χ0) is 15.7. The van der Waals surface area contributed by atoms with E-state index in [-0.39, 0.29) is 5.78 Å². The van der Waals surface area contributed by atoms with Gasteiger partial charge in [0.15, 0.2) is 5.78 Å². The molecule has 0 spiro atoms. The summed E-state index contributed by atoms with van der Waals surface area (Å²) in [6.07, 6.45) is 1.69. The van der Waals surface area contributed by atoms with E-state index in [2.05, 4.69) is 11.1 Å². The van der Waals surface area contributed by atoms with Gasteiger partial charge in [0.2, 0.25) is 0 Å². The van der Waals surface area contributed by atoms with Crippen LogP contribution < -0.4 is 0 Å². The number of nitrogens with zero attached hydrogens (tertiary/aromatic N) is 2. The van der Waals surface area contributed by atoms with E-state index in [0.717, 1.165) is 27.5 Å². The predicted octanol–water partition coefficient (Wildman–Crippen LogP) is 4.28. The van der Waals surface area contributed by atoms with Crippen LogP contribution in [-0.2, 0) is 0 Å². The Kier molecular flexibility index (Phi) is 3.44. The highest BCUT2D eigenvalue weighted by Crippen LogP contribution is 2.30. The number of aryl methyl sites for hydroxylation is 1. The van der Waals surface area contributed by atoms with Crippen molar-refractivity contribution in [2.45, 2.75) is 13.8 Å². The molecule has 3 heteroatoms. The molecule has 3 aromatic rings. The standard InChI is InChI=1S/C19H14N2O/c1-12-7-16(11-21-19(12)10-20)18-9-15(13(2)22)8-14-5-3-4-6-17(14)18/h3-9,11H,1-2H3. The third-order valence-corrected chi connectivity index (χ3v) is 3.76. The van der Waals surface area contributed by atoms with Gasteiger partial charge in [-0.25, -0.2) is 4.98 Å². The number of carbonyl (C=O) groups is 1. The van der Waals surface area contributed by atoms with Crippen LogP contribution in [0.2, 0.25) is 0 Å². The number of hydrogen-bond donors (Lipinski definition) is 0. The molecule has 3 nitrogen and oxygen atoms in total. The van der Waals surface area contributed by atoms with E-state index in [1.165, 1.54) is 0 Å². The monoisotopic (exact) mass is 286 g/mol. The first-order valence-electron chi connectivity index (χ1n) is 7.01. The summed E-state index contributed by atoms with van der Waals surface area (Å²) in [6, 6.07) is 15.8. The quantitative estimate of drug-likeness (QED) is 0.660. The van der Waals surface area contributed by atoms with Crippen molar-refractivity contribution < 1.29 is 4.79 Å². The molecule has 0 N–H and O–H groups in total. The van der Waals surface area contributed by atoms with E-state index in [1.54, 1.807) is 13.1 Å². The smallest absolute Gasteiger partial charge is 0.159 e. The third kappa shape index (κ3) is 2.36. The molecule has 1 heterocycles. The molecule has 0 fully saturated rings. The van der Waals surface area contributed by atoms with Gasteiger partial charge in [-0.1, -0.05) is 24.3 Å². The molecular weight excluding hydrogens is 272 g/mol. The fraction of sp³-hybridized carbons (Fsp3) is 0.105. The van der Waals surface area contributed by atoms with Gasteiger partial charge in [0, 0.05) is 17.3 Å². The number of rotatable bonds is 2. The highest BCUT2D eigenvalue weighted by molar-refractivity contribution is 6.04. The van der Waals surface area contributed by atoms with Gasteiger partial charge in [0.25, 0.3) is 0 Å². The van der Waals surface area contributed by atoms with Crippen molar-refractivity contribution in [3.63, 3.8) is 0 Å². The molecule has 22 heavy (non-hydrogen) atoms. The molecular formula is C19H14N2O. The Labute approximate surface area is 128 Å². The van der Waals surface area contributed by atoms with E-state index in [1.807, 2.05) is 49.4 Å². The Balaban J connectivity index is 2.32. The third-order valence-electron chi connectivity index (χ3n) is 3.76. The molecule has 0 atom stereocenters. The van der Waals surface area contributed by atoms with Crippen LogP contribution in [0.1, 0.15) is 28.5 Å². The van der Waals surface area contributed by atoms with Crippen molar-refractivity contribution in [2.24, 2.45) is 0 Å². The lowest BCUT2D eigenvalue weighted by atomic mass is 9.94. The summed E-state index contributed by atoms with van der Waals surface area (Å²) in [5.74, 6) is 0.0327. The molecule has 1 aromatic heterocycles. The van der Waals surface area contributed by atoms with E-state index in [0.29, 0.717) is 11.3 Å². The molecule has 0 amide bonds. The summed E-state index contributed by atoms with van der Waals surface area (Å²) in [5, 5.41) is 11.1. The molecule has 0 saturated carbocycles. The van der Waals surface area contributed by atoms with E-state index < -0.39 is 0 Å². The number of fused-ring (bicyclic) bond motifs is 1. The van der Waals surface area contributed by atoms with Crippen LogP contribution in [0.25, 0.3) is 21.9 Å². The van der Waals surface area contributed by atoms with Crippen LogP contribution in [0.15, 0.2) is 48.7 Å². The average Bonchev–Trinajstić information content (AvgIpc) is 2.53. The highest BCUT2D eigenvalue weighted by atomic mass is 16.1. The number of pyridine rings is 1. The number of hydrogen-bond acceptors (Lipinski definition) is 3. The van der Waals surface area contributed by atoms with E-state index in [9.17, 15) is 4.79 Å². The summed E-state index contributed by atoms with van der Waals surface area (Å²) in [7, 11) is 0. The Hall–Kier alpha value is -2.99. The summed E-state index contributed by atoms with van der Waals surface area (Å²) < 4.78 is 0. The highest BCUT2D eigenvalue weighted by Gasteiger charge is 2.10. The van der Waals surface area contributed by atoms with Gasteiger partial charge in [-0.3, -0.25) is 4.79 Å². The Morgan fingerprint density at radius 3 is 2.64 bits per heavy atom. The first-order valence-corrected chi connectivity index (χ1v) is 7.01. The molecule has 0 unspecified atom stereocenters. The van der Waals surface area contributed by atoms with Crippen molar-refractivity contribution in [1.82, 2.24) is 4.98 Å². The number of Topliss-reactive ketones (excluding diaryl/α,β-unsaturated/α-hetero) is 1. The van der Waals surface area contributed by atoms with Gasteiger partial charge in [-0.2, -0.15) is 5.26 Å². The van der Waals surface area contributed by atoms with Gasteiger partial charge >= 0.3 is 0 Å². The van der Waals surface area contributed by atoms with Crippen LogP contribution >= 0.6 is 0 Å². The minimum atomic E-state index is 0.0327. The number of nitriles is 1. The molecule has 0 aliphatic carbocycles. The van der Waals surface area contributed by atoms with E-state index >= 15 is 0 Å². The van der Waals surface area contributed by atoms with Gasteiger partial charge in [0.05, 0.1) is 0 Å². The Morgan fingerprint density at radius 2 is 1.95 bits per heavy atom. The zero-order valence-electron chi connectivity index (χ0n) is 12.4. The summed E-state index contributed by atoms with van der Waals surface area (Å²) in [4.78, 5) is 16.0. The molecule has 0 aliphatic rings. The molecule has 0 saturated heterocycles. The number of aromatic nitrogens is 1. The molecule has 0 bridgehead atoms. The number of carbonyl (C=O) groups excluding carboxylic acids is 1.